The summed E-state index contributed by atoms with van der Waals surface area (Å²) < 4.78 is 15.6. The molecule has 96 valence electrons. The molecular weight excluding hydrogens is 297 g/mol. The Hall–Kier alpha value is -1.20. The van der Waals surface area contributed by atoms with Crippen molar-refractivity contribution in [3.8, 4) is 0 Å². The molecule has 0 saturated heterocycles. The molecule has 0 aliphatic carbocycles. The van der Waals surface area contributed by atoms with E-state index in [4.69, 9.17) is 0 Å². The first-order valence-electron chi connectivity index (χ1n) is 5.70. The zero-order valence-corrected chi connectivity index (χ0v) is 12.0. The summed E-state index contributed by atoms with van der Waals surface area (Å²) >= 11 is 3.14. The van der Waals surface area contributed by atoms with Gasteiger partial charge in [0, 0.05) is 31.9 Å². The zero-order chi connectivity index (χ0) is 13.1. The second-order valence-electron chi connectivity index (χ2n) is 4.27. The number of benzene rings is 1. The lowest BCUT2D eigenvalue weighted by Crippen LogP contribution is -2.13. The van der Waals surface area contributed by atoms with E-state index in [0.717, 1.165) is 23.4 Å². The third-order valence-corrected chi connectivity index (χ3v) is 3.39. The van der Waals surface area contributed by atoms with Gasteiger partial charge in [-0.15, -0.1) is 0 Å². The van der Waals surface area contributed by atoms with Crippen molar-refractivity contribution in [3.05, 3.63) is 51.5 Å². The van der Waals surface area contributed by atoms with Crippen LogP contribution < -0.4 is 5.32 Å². The van der Waals surface area contributed by atoms with Crippen LogP contribution in [0.1, 0.15) is 16.8 Å². The van der Waals surface area contributed by atoms with E-state index in [9.17, 15) is 4.39 Å². The van der Waals surface area contributed by atoms with E-state index in [2.05, 4.69) is 26.3 Å². The lowest BCUT2D eigenvalue weighted by Gasteiger charge is -2.05. The first kappa shape index (κ1) is 13.2. The molecule has 0 bridgehead atoms. The molecule has 0 atom stereocenters. The van der Waals surface area contributed by atoms with Crippen LogP contribution in [-0.4, -0.2) is 9.78 Å². The first-order chi connectivity index (χ1) is 8.56. The fraction of sp³-hybridized carbons (Fsp3) is 0.308. The average molecular weight is 312 g/mol. The van der Waals surface area contributed by atoms with Crippen LogP contribution in [-0.2, 0) is 20.1 Å². The Morgan fingerprint density at radius 3 is 2.78 bits per heavy atom. The van der Waals surface area contributed by atoms with E-state index in [-0.39, 0.29) is 5.82 Å². The molecule has 0 unspecified atom stereocenters. The van der Waals surface area contributed by atoms with Crippen molar-refractivity contribution in [2.45, 2.75) is 20.0 Å². The number of rotatable bonds is 4. The van der Waals surface area contributed by atoms with Gasteiger partial charge in [-0.2, -0.15) is 5.10 Å². The fourth-order valence-corrected chi connectivity index (χ4v) is 2.06. The molecule has 1 heterocycles. The lowest BCUT2D eigenvalue weighted by atomic mass is 10.2. The topological polar surface area (TPSA) is 29.9 Å². The van der Waals surface area contributed by atoms with Crippen LogP contribution in [0.25, 0.3) is 0 Å². The quantitative estimate of drug-likeness (QED) is 0.941. The van der Waals surface area contributed by atoms with Crippen LogP contribution in [0.2, 0.25) is 0 Å². The van der Waals surface area contributed by atoms with Crippen molar-refractivity contribution in [1.82, 2.24) is 15.1 Å². The second-order valence-corrected chi connectivity index (χ2v) is 5.12. The molecule has 1 aromatic carbocycles. The third-order valence-electron chi connectivity index (χ3n) is 2.74. The van der Waals surface area contributed by atoms with Gasteiger partial charge in [0.1, 0.15) is 5.82 Å². The molecule has 0 radical (unpaired) electrons. The summed E-state index contributed by atoms with van der Waals surface area (Å²) in [6.07, 6.45) is 1.99. The second kappa shape index (κ2) is 5.63. The van der Waals surface area contributed by atoms with E-state index in [1.54, 1.807) is 10.7 Å². The van der Waals surface area contributed by atoms with Gasteiger partial charge < -0.3 is 5.32 Å². The molecule has 2 aromatic rings. The highest BCUT2D eigenvalue weighted by atomic mass is 79.9. The number of halogens is 2. The lowest BCUT2D eigenvalue weighted by molar-refractivity contribution is 0.613. The van der Waals surface area contributed by atoms with Gasteiger partial charge in [0.2, 0.25) is 0 Å². The molecule has 5 heteroatoms. The largest absolute Gasteiger partial charge is 0.308 e. The Bertz CT molecular complexity index is 551. The summed E-state index contributed by atoms with van der Waals surface area (Å²) in [4.78, 5) is 0. The van der Waals surface area contributed by atoms with Crippen molar-refractivity contribution in [1.29, 1.82) is 0 Å². The van der Waals surface area contributed by atoms with Crippen LogP contribution in [0.4, 0.5) is 4.39 Å². The predicted molar refractivity (Wildman–Crippen MR) is 72.6 cm³/mol. The number of aryl methyl sites for hydroxylation is 2. The van der Waals surface area contributed by atoms with Crippen molar-refractivity contribution < 1.29 is 4.39 Å². The van der Waals surface area contributed by atoms with Crippen LogP contribution >= 0.6 is 15.9 Å². The number of hydrogen-bond donors (Lipinski definition) is 1. The minimum Gasteiger partial charge on any atom is -0.308 e. The summed E-state index contributed by atoms with van der Waals surface area (Å²) in [6.45, 7) is 3.35. The van der Waals surface area contributed by atoms with Crippen LogP contribution in [0, 0.1) is 12.7 Å². The van der Waals surface area contributed by atoms with Gasteiger partial charge >= 0.3 is 0 Å². The number of hydrogen-bond acceptors (Lipinski definition) is 2. The van der Waals surface area contributed by atoms with E-state index >= 15 is 0 Å². The number of aromatic nitrogens is 2. The Kier molecular flexibility index (Phi) is 4.14. The molecule has 0 saturated carbocycles. The standard InChI is InChI=1S/C13H15BrFN3/c1-9-11(8-18(2)17-9)7-16-6-10-3-4-12(14)13(15)5-10/h3-5,8,16H,6-7H2,1-2H3. The summed E-state index contributed by atoms with van der Waals surface area (Å²) in [5.41, 5.74) is 3.11. The molecule has 0 fully saturated rings. The molecule has 18 heavy (non-hydrogen) atoms. The van der Waals surface area contributed by atoms with Gasteiger partial charge in [0.15, 0.2) is 0 Å². The number of nitrogens with one attached hydrogen (secondary N) is 1. The maximum Gasteiger partial charge on any atom is 0.137 e. The zero-order valence-electron chi connectivity index (χ0n) is 10.4. The molecule has 1 N–H and O–H groups in total. The van der Waals surface area contributed by atoms with Gasteiger partial charge in [-0.1, -0.05) is 6.07 Å². The van der Waals surface area contributed by atoms with Crippen molar-refractivity contribution in [2.24, 2.45) is 7.05 Å². The van der Waals surface area contributed by atoms with Gasteiger partial charge in [-0.05, 0) is 40.5 Å². The van der Waals surface area contributed by atoms with Crippen molar-refractivity contribution in [3.63, 3.8) is 0 Å². The molecule has 2 rings (SSSR count). The monoisotopic (exact) mass is 311 g/mol. The van der Waals surface area contributed by atoms with Crippen LogP contribution in [0.3, 0.4) is 0 Å². The molecule has 0 aliphatic heterocycles. The highest BCUT2D eigenvalue weighted by Crippen LogP contribution is 2.16. The third kappa shape index (κ3) is 3.17. The summed E-state index contributed by atoms with van der Waals surface area (Å²) in [5, 5.41) is 7.56. The van der Waals surface area contributed by atoms with Crippen LogP contribution in [0.5, 0.6) is 0 Å². The summed E-state index contributed by atoms with van der Waals surface area (Å²) in [7, 11) is 1.90. The molecule has 0 spiro atoms. The fourth-order valence-electron chi connectivity index (χ4n) is 1.81. The highest BCUT2D eigenvalue weighted by molar-refractivity contribution is 9.10. The first-order valence-corrected chi connectivity index (χ1v) is 6.49. The van der Waals surface area contributed by atoms with Gasteiger partial charge in [0.05, 0.1) is 10.2 Å². The Balaban J connectivity index is 1.92. The van der Waals surface area contributed by atoms with Gasteiger partial charge in [-0.3, -0.25) is 4.68 Å². The maximum absolute atomic E-state index is 13.3. The van der Waals surface area contributed by atoms with Gasteiger partial charge in [0.25, 0.3) is 0 Å². The Morgan fingerprint density at radius 1 is 1.39 bits per heavy atom. The highest BCUT2D eigenvalue weighted by Gasteiger charge is 2.03. The van der Waals surface area contributed by atoms with E-state index in [0.29, 0.717) is 11.0 Å². The molecule has 1 aromatic heterocycles. The minimum atomic E-state index is -0.230. The smallest absolute Gasteiger partial charge is 0.137 e. The molecular formula is C13H15BrFN3. The SMILES string of the molecule is Cc1nn(C)cc1CNCc1ccc(Br)c(F)c1. The summed E-state index contributed by atoms with van der Waals surface area (Å²) in [5.74, 6) is -0.230. The van der Waals surface area contributed by atoms with E-state index in [1.807, 2.05) is 26.2 Å². The maximum atomic E-state index is 13.3. The van der Waals surface area contributed by atoms with E-state index < -0.39 is 0 Å². The normalized spacial score (nSPS) is 10.9. The Morgan fingerprint density at radius 2 is 2.17 bits per heavy atom. The average Bonchev–Trinajstić information content (AvgIpc) is 2.63. The minimum absolute atomic E-state index is 0.230. The van der Waals surface area contributed by atoms with Crippen molar-refractivity contribution >= 4 is 15.9 Å². The summed E-state index contributed by atoms with van der Waals surface area (Å²) in [6, 6.07) is 5.16. The number of nitrogens with zero attached hydrogens (tertiary/aromatic N) is 2. The van der Waals surface area contributed by atoms with Crippen molar-refractivity contribution in [2.75, 3.05) is 0 Å². The molecule has 0 amide bonds. The van der Waals surface area contributed by atoms with E-state index in [1.165, 1.54) is 6.07 Å². The van der Waals surface area contributed by atoms with Gasteiger partial charge in [-0.25, -0.2) is 4.39 Å². The molecule has 0 aliphatic rings. The predicted octanol–water partition coefficient (Wildman–Crippen LogP) is 2.92. The molecule has 3 nitrogen and oxygen atoms in total. The van der Waals surface area contributed by atoms with Crippen LogP contribution in [0.15, 0.2) is 28.9 Å². The Labute approximate surface area is 114 Å².